The normalized spacial score (nSPS) is 12.6. The summed E-state index contributed by atoms with van der Waals surface area (Å²) in [6.07, 6.45) is 4.94. The van der Waals surface area contributed by atoms with Gasteiger partial charge in [0.2, 0.25) is 0 Å². The molecule has 1 aromatic carbocycles. The van der Waals surface area contributed by atoms with Crippen molar-refractivity contribution in [2.75, 3.05) is 7.05 Å². The minimum atomic E-state index is 0.250. The van der Waals surface area contributed by atoms with E-state index in [0.29, 0.717) is 0 Å². The minimum absolute atomic E-state index is 0.250. The fourth-order valence-electron chi connectivity index (χ4n) is 2.07. The zero-order valence-corrected chi connectivity index (χ0v) is 13.9. The van der Waals surface area contributed by atoms with E-state index in [9.17, 15) is 0 Å². The van der Waals surface area contributed by atoms with Crippen LogP contribution in [0.3, 0.4) is 0 Å². The third-order valence-corrected chi connectivity index (χ3v) is 4.35. The number of nitrogens with zero attached hydrogens (tertiary/aromatic N) is 2. The Hall–Kier alpha value is -0.590. The van der Waals surface area contributed by atoms with Gasteiger partial charge in [-0.25, -0.2) is 0 Å². The standard InChI is InChI=1S/C14H17ClIN3/c1-3-19-9-10(8-18-19)6-14(17-2)12-7-11(15)4-5-13(12)16/h4-5,7-9,14,17H,3,6H2,1-2H3. The van der Waals surface area contributed by atoms with Crippen LogP contribution in [0.4, 0.5) is 0 Å². The maximum atomic E-state index is 6.10. The van der Waals surface area contributed by atoms with Crippen molar-refractivity contribution >= 4 is 34.2 Å². The molecule has 0 aliphatic carbocycles. The molecule has 0 fully saturated rings. The Bertz CT molecular complexity index is 553. The van der Waals surface area contributed by atoms with Crippen LogP contribution in [0.1, 0.15) is 24.1 Å². The van der Waals surface area contributed by atoms with Crippen LogP contribution in [0, 0.1) is 3.57 Å². The number of aromatic nitrogens is 2. The topological polar surface area (TPSA) is 29.9 Å². The van der Waals surface area contributed by atoms with Crippen molar-refractivity contribution in [2.24, 2.45) is 0 Å². The van der Waals surface area contributed by atoms with Crippen molar-refractivity contribution in [1.29, 1.82) is 0 Å². The number of hydrogen-bond donors (Lipinski definition) is 1. The molecule has 1 N–H and O–H groups in total. The predicted molar refractivity (Wildman–Crippen MR) is 87.6 cm³/mol. The van der Waals surface area contributed by atoms with Gasteiger partial charge < -0.3 is 5.32 Å². The molecule has 2 rings (SSSR count). The van der Waals surface area contributed by atoms with E-state index in [1.165, 1.54) is 14.7 Å². The number of hydrogen-bond acceptors (Lipinski definition) is 2. The molecule has 0 spiro atoms. The lowest BCUT2D eigenvalue weighted by atomic mass is 10.0. The van der Waals surface area contributed by atoms with Gasteiger partial charge in [-0.1, -0.05) is 11.6 Å². The lowest BCUT2D eigenvalue weighted by Gasteiger charge is -2.17. The van der Waals surface area contributed by atoms with E-state index < -0.39 is 0 Å². The van der Waals surface area contributed by atoms with Gasteiger partial charge in [-0.2, -0.15) is 5.10 Å². The van der Waals surface area contributed by atoms with Gasteiger partial charge in [-0.05, 0) is 72.3 Å². The largest absolute Gasteiger partial charge is 0.313 e. The quantitative estimate of drug-likeness (QED) is 0.791. The summed E-state index contributed by atoms with van der Waals surface area (Å²) in [5.41, 5.74) is 2.47. The van der Waals surface area contributed by atoms with Crippen molar-refractivity contribution in [1.82, 2.24) is 15.1 Å². The molecule has 1 atom stereocenters. The van der Waals surface area contributed by atoms with Gasteiger partial charge in [0, 0.05) is 27.4 Å². The first-order valence-corrected chi connectivity index (χ1v) is 7.73. The first kappa shape index (κ1) is 14.8. The van der Waals surface area contributed by atoms with Gasteiger partial charge >= 0.3 is 0 Å². The van der Waals surface area contributed by atoms with Gasteiger partial charge in [-0.15, -0.1) is 0 Å². The molecule has 0 saturated carbocycles. The Labute approximate surface area is 132 Å². The SMILES string of the molecule is CCn1cc(CC(NC)c2cc(Cl)ccc2I)cn1. The number of benzene rings is 1. The highest BCUT2D eigenvalue weighted by atomic mass is 127. The summed E-state index contributed by atoms with van der Waals surface area (Å²) in [6.45, 7) is 2.99. The zero-order chi connectivity index (χ0) is 13.8. The van der Waals surface area contributed by atoms with Crippen LogP contribution in [0.2, 0.25) is 5.02 Å². The smallest absolute Gasteiger partial charge is 0.0522 e. The zero-order valence-electron chi connectivity index (χ0n) is 11.0. The van der Waals surface area contributed by atoms with E-state index in [4.69, 9.17) is 11.6 Å². The van der Waals surface area contributed by atoms with Crippen LogP contribution < -0.4 is 5.32 Å². The predicted octanol–water partition coefficient (Wildman–Crippen LogP) is 3.66. The number of likely N-dealkylation sites (N-methyl/N-ethyl adjacent to an activating group) is 1. The number of halogens is 2. The van der Waals surface area contributed by atoms with E-state index in [0.717, 1.165) is 18.0 Å². The van der Waals surface area contributed by atoms with Crippen LogP contribution in [-0.2, 0) is 13.0 Å². The molecule has 0 saturated heterocycles. The van der Waals surface area contributed by atoms with Crippen LogP contribution in [0.5, 0.6) is 0 Å². The summed E-state index contributed by atoms with van der Waals surface area (Å²) >= 11 is 8.45. The average Bonchev–Trinajstić information content (AvgIpc) is 2.87. The Balaban J connectivity index is 2.22. The number of rotatable bonds is 5. The Morgan fingerprint density at radius 1 is 1.47 bits per heavy atom. The fourth-order valence-corrected chi connectivity index (χ4v) is 2.96. The van der Waals surface area contributed by atoms with Crippen LogP contribution in [0.15, 0.2) is 30.6 Å². The molecular formula is C14H17ClIN3. The summed E-state index contributed by atoms with van der Waals surface area (Å²) in [4.78, 5) is 0. The molecule has 5 heteroatoms. The van der Waals surface area contributed by atoms with Gasteiger partial charge in [0.1, 0.15) is 0 Å². The third kappa shape index (κ3) is 3.70. The highest BCUT2D eigenvalue weighted by Crippen LogP contribution is 2.26. The van der Waals surface area contributed by atoms with Crippen LogP contribution in [0.25, 0.3) is 0 Å². The molecule has 3 nitrogen and oxygen atoms in total. The molecule has 2 aromatic rings. The average molecular weight is 390 g/mol. The third-order valence-electron chi connectivity index (χ3n) is 3.13. The molecule has 19 heavy (non-hydrogen) atoms. The van der Waals surface area contributed by atoms with E-state index >= 15 is 0 Å². The lowest BCUT2D eigenvalue weighted by Crippen LogP contribution is -2.19. The van der Waals surface area contributed by atoms with Gasteiger partial charge in [-0.3, -0.25) is 4.68 Å². The molecule has 0 aliphatic rings. The molecule has 1 aromatic heterocycles. The van der Waals surface area contributed by atoms with E-state index in [1.54, 1.807) is 0 Å². The maximum Gasteiger partial charge on any atom is 0.0522 e. The monoisotopic (exact) mass is 389 g/mol. The van der Waals surface area contributed by atoms with Gasteiger partial charge in [0.05, 0.1) is 6.20 Å². The van der Waals surface area contributed by atoms with Crippen LogP contribution in [-0.4, -0.2) is 16.8 Å². The van der Waals surface area contributed by atoms with Gasteiger partial charge in [0.25, 0.3) is 0 Å². The second kappa shape index (κ2) is 6.72. The summed E-state index contributed by atoms with van der Waals surface area (Å²) in [5.74, 6) is 0. The summed E-state index contributed by atoms with van der Waals surface area (Å²) in [5, 5.41) is 8.46. The Morgan fingerprint density at radius 2 is 2.26 bits per heavy atom. The summed E-state index contributed by atoms with van der Waals surface area (Å²) < 4.78 is 3.18. The molecular weight excluding hydrogens is 373 g/mol. The molecule has 1 unspecified atom stereocenters. The molecule has 0 aliphatic heterocycles. The van der Waals surface area contributed by atoms with Crippen molar-refractivity contribution in [3.05, 3.63) is 50.3 Å². The van der Waals surface area contributed by atoms with Crippen molar-refractivity contribution in [3.8, 4) is 0 Å². The van der Waals surface area contributed by atoms with Crippen molar-refractivity contribution in [2.45, 2.75) is 25.9 Å². The first-order valence-electron chi connectivity index (χ1n) is 6.27. The van der Waals surface area contributed by atoms with Crippen molar-refractivity contribution in [3.63, 3.8) is 0 Å². The first-order chi connectivity index (χ1) is 9.13. The highest BCUT2D eigenvalue weighted by molar-refractivity contribution is 14.1. The molecule has 0 radical (unpaired) electrons. The molecule has 1 heterocycles. The second-order valence-electron chi connectivity index (χ2n) is 4.42. The van der Waals surface area contributed by atoms with Crippen LogP contribution >= 0.6 is 34.2 Å². The molecule has 102 valence electrons. The second-order valence-corrected chi connectivity index (χ2v) is 6.01. The van der Waals surface area contributed by atoms with Gasteiger partial charge in [0.15, 0.2) is 0 Å². The Kier molecular flexibility index (Phi) is 5.24. The summed E-state index contributed by atoms with van der Waals surface area (Å²) in [6, 6.07) is 6.27. The van der Waals surface area contributed by atoms with E-state index in [-0.39, 0.29) is 6.04 Å². The van der Waals surface area contributed by atoms with Crippen molar-refractivity contribution < 1.29 is 0 Å². The fraction of sp³-hybridized carbons (Fsp3) is 0.357. The minimum Gasteiger partial charge on any atom is -0.313 e. The highest BCUT2D eigenvalue weighted by Gasteiger charge is 2.14. The number of aryl methyl sites for hydroxylation is 1. The molecule has 0 amide bonds. The Morgan fingerprint density at radius 3 is 2.89 bits per heavy atom. The van der Waals surface area contributed by atoms with E-state index in [2.05, 4.69) is 52.2 Å². The molecule has 0 bridgehead atoms. The van der Waals surface area contributed by atoms with E-state index in [1.807, 2.05) is 30.1 Å². The number of nitrogens with one attached hydrogen (secondary N) is 1. The lowest BCUT2D eigenvalue weighted by molar-refractivity contribution is 0.588. The summed E-state index contributed by atoms with van der Waals surface area (Å²) in [7, 11) is 1.98. The maximum absolute atomic E-state index is 6.10.